The van der Waals surface area contributed by atoms with Crippen LogP contribution in [0.2, 0.25) is 0 Å². The first-order valence-corrected chi connectivity index (χ1v) is 8.15. The van der Waals surface area contributed by atoms with Gasteiger partial charge in [-0.15, -0.1) is 0 Å². The number of nitrogens with two attached hydrogens (primary N) is 1. The smallest absolute Gasteiger partial charge is 0.262 e. The average Bonchev–Trinajstić information content (AvgIpc) is 3.18. The van der Waals surface area contributed by atoms with Crippen LogP contribution in [0.1, 0.15) is 40.3 Å². The lowest BCUT2D eigenvalue weighted by Crippen LogP contribution is -2.45. The zero-order valence-electron chi connectivity index (χ0n) is 14.4. The third-order valence-corrected chi connectivity index (χ3v) is 4.60. The van der Waals surface area contributed by atoms with Gasteiger partial charge in [0, 0.05) is 12.3 Å². The summed E-state index contributed by atoms with van der Waals surface area (Å²) in [5.74, 6) is -0.192. The highest BCUT2D eigenvalue weighted by molar-refractivity contribution is 6.21. The number of hydrogen-bond acceptors (Lipinski definition) is 5. The Hall–Kier alpha value is -3.48. The van der Waals surface area contributed by atoms with Gasteiger partial charge in [-0.25, -0.2) is 4.68 Å². The van der Waals surface area contributed by atoms with E-state index in [2.05, 4.69) is 10.1 Å². The van der Waals surface area contributed by atoms with Gasteiger partial charge in [0.2, 0.25) is 0 Å². The number of imide groups is 1. The lowest BCUT2D eigenvalue weighted by Gasteiger charge is -2.33. The second-order valence-corrected chi connectivity index (χ2v) is 6.64. The number of benzene rings is 1. The van der Waals surface area contributed by atoms with Gasteiger partial charge in [-0.05, 0) is 38.1 Å². The number of anilines is 1. The zero-order chi connectivity index (χ0) is 18.5. The molecule has 7 heteroatoms. The third kappa shape index (κ3) is 2.28. The van der Waals surface area contributed by atoms with E-state index in [1.165, 1.54) is 4.90 Å². The molecule has 0 fully saturated rings. The van der Waals surface area contributed by atoms with Gasteiger partial charge in [0.1, 0.15) is 5.82 Å². The number of nitrogen functional groups attached to an aromatic ring is 1. The molecule has 1 aliphatic rings. The monoisotopic (exact) mass is 347 g/mol. The second-order valence-electron chi connectivity index (χ2n) is 6.64. The van der Waals surface area contributed by atoms with Crippen molar-refractivity contribution in [2.24, 2.45) is 0 Å². The summed E-state index contributed by atoms with van der Waals surface area (Å²) in [5, 5.41) is 4.14. The van der Waals surface area contributed by atoms with Crippen molar-refractivity contribution < 1.29 is 9.59 Å². The maximum Gasteiger partial charge on any atom is 0.262 e. The first-order chi connectivity index (χ1) is 12.4. The van der Waals surface area contributed by atoms with Crippen molar-refractivity contribution in [2.75, 3.05) is 5.73 Å². The van der Waals surface area contributed by atoms with Gasteiger partial charge in [0.15, 0.2) is 0 Å². The van der Waals surface area contributed by atoms with Gasteiger partial charge in [-0.3, -0.25) is 19.5 Å². The molecule has 2 aromatic heterocycles. The Morgan fingerprint density at radius 2 is 1.62 bits per heavy atom. The Labute approximate surface area is 150 Å². The third-order valence-electron chi connectivity index (χ3n) is 4.60. The molecule has 0 saturated carbocycles. The van der Waals surface area contributed by atoms with Crippen LogP contribution in [-0.2, 0) is 5.54 Å². The number of carbonyl (C=O) groups is 2. The molecule has 4 rings (SSSR count). The highest BCUT2D eigenvalue weighted by Crippen LogP contribution is 2.34. The van der Waals surface area contributed by atoms with Gasteiger partial charge >= 0.3 is 0 Å². The first kappa shape index (κ1) is 16.0. The van der Waals surface area contributed by atoms with E-state index in [1.54, 1.807) is 53.5 Å². The minimum absolute atomic E-state index is 0.304. The van der Waals surface area contributed by atoms with Crippen LogP contribution in [0.4, 0.5) is 5.82 Å². The summed E-state index contributed by atoms with van der Waals surface area (Å²) < 4.78 is 1.61. The van der Waals surface area contributed by atoms with E-state index in [1.807, 2.05) is 19.9 Å². The highest BCUT2D eigenvalue weighted by atomic mass is 16.2. The summed E-state index contributed by atoms with van der Waals surface area (Å²) in [5.41, 5.74) is 6.94. The molecule has 0 aliphatic carbocycles. The van der Waals surface area contributed by atoms with Gasteiger partial charge in [0.05, 0.1) is 34.2 Å². The average molecular weight is 347 g/mol. The molecule has 0 unspecified atom stereocenters. The fourth-order valence-corrected chi connectivity index (χ4v) is 3.18. The fraction of sp³-hybridized carbons (Fsp3) is 0.158. The van der Waals surface area contributed by atoms with Crippen LogP contribution < -0.4 is 5.73 Å². The summed E-state index contributed by atoms with van der Waals surface area (Å²) >= 11 is 0. The number of nitrogens with zero attached hydrogens (tertiary/aromatic N) is 4. The SMILES string of the molecule is CC(C)(c1ccc(-n2ccc(N)n2)cn1)N1C(=O)c2ccccc2C1=O. The van der Waals surface area contributed by atoms with E-state index in [0.717, 1.165) is 5.69 Å². The Morgan fingerprint density at radius 3 is 2.12 bits per heavy atom. The minimum atomic E-state index is -0.894. The summed E-state index contributed by atoms with van der Waals surface area (Å²) in [4.78, 5) is 31.3. The summed E-state index contributed by atoms with van der Waals surface area (Å²) in [6.45, 7) is 3.62. The van der Waals surface area contributed by atoms with Gasteiger partial charge in [0.25, 0.3) is 11.8 Å². The molecule has 0 spiro atoms. The van der Waals surface area contributed by atoms with Crippen molar-refractivity contribution >= 4 is 17.6 Å². The van der Waals surface area contributed by atoms with E-state index in [-0.39, 0.29) is 11.8 Å². The number of aromatic nitrogens is 3. The predicted octanol–water partition coefficient (Wildman–Crippen LogP) is 2.38. The Morgan fingerprint density at radius 1 is 0.962 bits per heavy atom. The Kier molecular flexibility index (Phi) is 3.40. The Balaban J connectivity index is 1.69. The normalized spacial score (nSPS) is 14.0. The maximum absolute atomic E-state index is 12.8. The van der Waals surface area contributed by atoms with Crippen molar-refractivity contribution in [3.63, 3.8) is 0 Å². The molecule has 2 N–H and O–H groups in total. The van der Waals surface area contributed by atoms with Crippen LogP contribution >= 0.6 is 0 Å². The second kappa shape index (κ2) is 5.52. The lowest BCUT2D eigenvalue weighted by molar-refractivity contribution is 0.0468. The molecule has 7 nitrogen and oxygen atoms in total. The molecule has 26 heavy (non-hydrogen) atoms. The van der Waals surface area contributed by atoms with E-state index in [4.69, 9.17) is 5.73 Å². The Bertz CT molecular complexity index is 985. The van der Waals surface area contributed by atoms with Crippen LogP contribution in [0.25, 0.3) is 5.69 Å². The highest BCUT2D eigenvalue weighted by Gasteiger charge is 2.45. The number of amides is 2. The molecule has 1 aliphatic heterocycles. The van der Waals surface area contributed by atoms with Crippen molar-refractivity contribution in [1.29, 1.82) is 0 Å². The van der Waals surface area contributed by atoms with Gasteiger partial charge < -0.3 is 5.73 Å². The number of carbonyl (C=O) groups excluding carboxylic acids is 2. The zero-order valence-corrected chi connectivity index (χ0v) is 14.4. The van der Waals surface area contributed by atoms with Crippen LogP contribution in [0.3, 0.4) is 0 Å². The lowest BCUT2D eigenvalue weighted by atomic mass is 9.97. The molecule has 0 atom stereocenters. The van der Waals surface area contributed by atoms with E-state index >= 15 is 0 Å². The standard InChI is InChI=1S/C19H17N5O2/c1-19(2,24-17(25)13-5-3-4-6-14(13)18(24)26)15-8-7-12(11-21-15)23-10-9-16(20)22-23/h3-11H,1-2H3,(H2,20,22). The van der Waals surface area contributed by atoms with Crippen LogP contribution in [0.5, 0.6) is 0 Å². The summed E-state index contributed by atoms with van der Waals surface area (Å²) in [7, 11) is 0. The molecule has 130 valence electrons. The van der Waals surface area contributed by atoms with Crippen LogP contribution in [-0.4, -0.2) is 31.5 Å². The van der Waals surface area contributed by atoms with Crippen LogP contribution in [0.15, 0.2) is 54.9 Å². The van der Waals surface area contributed by atoms with E-state index in [9.17, 15) is 9.59 Å². The number of fused-ring (bicyclic) bond motifs is 1. The fourth-order valence-electron chi connectivity index (χ4n) is 3.18. The molecular formula is C19H17N5O2. The molecule has 0 saturated heterocycles. The topological polar surface area (TPSA) is 94.1 Å². The molecular weight excluding hydrogens is 330 g/mol. The molecule has 2 amide bonds. The maximum atomic E-state index is 12.8. The predicted molar refractivity (Wildman–Crippen MR) is 95.7 cm³/mol. The summed E-state index contributed by atoms with van der Waals surface area (Å²) in [6, 6.07) is 12.2. The quantitative estimate of drug-likeness (QED) is 0.734. The van der Waals surface area contributed by atoms with E-state index < -0.39 is 5.54 Å². The van der Waals surface area contributed by atoms with E-state index in [0.29, 0.717) is 22.6 Å². The molecule has 3 heterocycles. The van der Waals surface area contributed by atoms with Gasteiger partial charge in [-0.1, -0.05) is 12.1 Å². The molecule has 3 aromatic rings. The van der Waals surface area contributed by atoms with Crippen molar-refractivity contribution in [2.45, 2.75) is 19.4 Å². The number of pyridine rings is 1. The largest absolute Gasteiger partial charge is 0.382 e. The van der Waals surface area contributed by atoms with Crippen molar-refractivity contribution in [1.82, 2.24) is 19.7 Å². The van der Waals surface area contributed by atoms with Crippen molar-refractivity contribution in [3.8, 4) is 5.69 Å². The summed E-state index contributed by atoms with van der Waals surface area (Å²) in [6.07, 6.45) is 3.38. The van der Waals surface area contributed by atoms with Crippen molar-refractivity contribution in [3.05, 3.63) is 71.7 Å². The molecule has 0 radical (unpaired) electrons. The van der Waals surface area contributed by atoms with Crippen LogP contribution in [0, 0.1) is 0 Å². The van der Waals surface area contributed by atoms with Gasteiger partial charge in [-0.2, -0.15) is 5.10 Å². The number of rotatable bonds is 3. The molecule has 0 bridgehead atoms. The first-order valence-electron chi connectivity index (χ1n) is 8.15. The number of hydrogen-bond donors (Lipinski definition) is 1. The molecule has 1 aromatic carbocycles. The minimum Gasteiger partial charge on any atom is -0.382 e.